The minimum absolute atomic E-state index is 0.110. The van der Waals surface area contributed by atoms with Gasteiger partial charge in [0.2, 0.25) is 0 Å². The van der Waals surface area contributed by atoms with Gasteiger partial charge in [0.15, 0.2) is 4.80 Å². The zero-order valence-electron chi connectivity index (χ0n) is 19.2. The fraction of sp³-hybridized carbons (Fsp3) is 0.240. The lowest BCUT2D eigenvalue weighted by Crippen LogP contribution is -2.40. The number of carbonyl (C=O) groups excluding carboxylic acids is 1. The predicted molar refractivity (Wildman–Crippen MR) is 152 cm³/mol. The molecule has 7 nitrogen and oxygen atoms in total. The summed E-state index contributed by atoms with van der Waals surface area (Å²) < 4.78 is 14.7. The van der Waals surface area contributed by atoms with Gasteiger partial charge >= 0.3 is 5.97 Å². The molecule has 0 radical (unpaired) electrons. The second-order valence-electron chi connectivity index (χ2n) is 7.60. The lowest BCUT2D eigenvalue weighted by molar-refractivity contribution is -0.139. The number of esters is 1. The Hall–Kier alpha value is -2.19. The standard InChI is InChI=1S/C25H22I2N2O5S/c1-4-33-18-9-7-6-8-16(18)21-20(24(32)34-5-2)13(3)28-25-29(21)23(31)19(35-25)11-14-10-15(26)12-17(27)22(14)30/h6-12,21,30H,4-5H2,1-3H3/b19-11-/t21-/m1/s1. The van der Waals surface area contributed by atoms with Crippen LogP contribution in [0.2, 0.25) is 0 Å². The van der Waals surface area contributed by atoms with Crippen LogP contribution in [-0.4, -0.2) is 28.9 Å². The van der Waals surface area contributed by atoms with Gasteiger partial charge in [-0.1, -0.05) is 29.5 Å². The van der Waals surface area contributed by atoms with Gasteiger partial charge in [-0.2, -0.15) is 0 Å². The molecule has 0 saturated heterocycles. The van der Waals surface area contributed by atoms with Crippen molar-refractivity contribution in [2.45, 2.75) is 26.8 Å². The minimum Gasteiger partial charge on any atom is -0.506 e. The van der Waals surface area contributed by atoms with Crippen molar-refractivity contribution in [2.24, 2.45) is 4.99 Å². The Balaban J connectivity index is 2.01. The Kier molecular flexibility index (Phi) is 8.01. The minimum atomic E-state index is -0.764. The summed E-state index contributed by atoms with van der Waals surface area (Å²) in [5.74, 6) is 0.165. The van der Waals surface area contributed by atoms with Crippen LogP contribution in [0.3, 0.4) is 0 Å². The highest BCUT2D eigenvalue weighted by Gasteiger charge is 2.35. The number of rotatable bonds is 6. The highest BCUT2D eigenvalue weighted by Crippen LogP contribution is 2.36. The summed E-state index contributed by atoms with van der Waals surface area (Å²) in [4.78, 5) is 31.9. The van der Waals surface area contributed by atoms with E-state index in [9.17, 15) is 14.7 Å². The molecule has 1 aliphatic heterocycles. The summed E-state index contributed by atoms with van der Waals surface area (Å²) in [6.45, 7) is 5.99. The summed E-state index contributed by atoms with van der Waals surface area (Å²) in [5.41, 5.74) is 1.68. The summed E-state index contributed by atoms with van der Waals surface area (Å²) in [6, 6.07) is 10.3. The fourth-order valence-electron chi connectivity index (χ4n) is 3.92. The van der Waals surface area contributed by atoms with E-state index in [0.717, 1.165) is 3.57 Å². The van der Waals surface area contributed by atoms with E-state index in [1.807, 2.05) is 43.3 Å². The van der Waals surface area contributed by atoms with Crippen LogP contribution in [0.5, 0.6) is 11.5 Å². The molecule has 182 valence electrons. The number of allylic oxidation sites excluding steroid dienone is 1. The molecule has 1 aromatic heterocycles. The molecule has 1 atom stereocenters. The molecule has 0 fully saturated rings. The van der Waals surface area contributed by atoms with Crippen molar-refractivity contribution in [3.05, 3.63) is 85.6 Å². The number of fused-ring (bicyclic) bond motifs is 1. The van der Waals surface area contributed by atoms with E-state index < -0.39 is 12.0 Å². The molecular weight excluding hydrogens is 694 g/mol. The zero-order valence-corrected chi connectivity index (χ0v) is 24.3. The van der Waals surface area contributed by atoms with Crippen LogP contribution in [0, 0.1) is 7.14 Å². The molecule has 2 heterocycles. The number of phenols is 1. The Morgan fingerprint density at radius 2 is 1.97 bits per heavy atom. The van der Waals surface area contributed by atoms with Crippen molar-refractivity contribution in [3.8, 4) is 11.5 Å². The largest absolute Gasteiger partial charge is 0.506 e. The third kappa shape index (κ3) is 5.05. The van der Waals surface area contributed by atoms with Crippen molar-refractivity contribution >= 4 is 68.6 Å². The van der Waals surface area contributed by atoms with Crippen LogP contribution in [0.15, 0.2) is 57.5 Å². The van der Waals surface area contributed by atoms with Gasteiger partial charge < -0.3 is 14.6 Å². The number of benzene rings is 2. The third-order valence-electron chi connectivity index (χ3n) is 5.37. The molecule has 0 amide bonds. The van der Waals surface area contributed by atoms with Crippen molar-refractivity contribution in [3.63, 3.8) is 0 Å². The van der Waals surface area contributed by atoms with Crippen molar-refractivity contribution in [2.75, 3.05) is 13.2 Å². The summed E-state index contributed by atoms with van der Waals surface area (Å²) in [5, 5.41) is 10.6. The van der Waals surface area contributed by atoms with E-state index in [1.54, 1.807) is 19.9 Å². The van der Waals surface area contributed by atoms with Gasteiger partial charge in [0, 0.05) is 14.7 Å². The van der Waals surface area contributed by atoms with E-state index >= 15 is 0 Å². The number of ether oxygens (including phenoxy) is 2. The summed E-state index contributed by atoms with van der Waals surface area (Å²) in [6.07, 6.45) is 1.67. The number of aromatic hydroxyl groups is 1. The van der Waals surface area contributed by atoms with Crippen LogP contribution in [-0.2, 0) is 9.53 Å². The number of carbonyl (C=O) groups is 1. The van der Waals surface area contributed by atoms with Crippen LogP contribution in [0.1, 0.15) is 37.9 Å². The molecule has 0 aliphatic carbocycles. The lowest BCUT2D eigenvalue weighted by Gasteiger charge is -2.26. The molecule has 0 spiro atoms. The SMILES string of the molecule is CCOC(=O)C1=C(C)N=c2s/c(=C\c3cc(I)cc(I)c3O)c(=O)n2[C@@H]1c1ccccc1OCC. The number of hydrogen-bond donors (Lipinski definition) is 1. The van der Waals surface area contributed by atoms with E-state index in [-0.39, 0.29) is 17.9 Å². The average Bonchev–Trinajstić information content (AvgIpc) is 3.11. The van der Waals surface area contributed by atoms with Gasteiger partial charge in [-0.15, -0.1) is 0 Å². The molecule has 3 aromatic rings. The van der Waals surface area contributed by atoms with Crippen LogP contribution in [0.25, 0.3) is 6.08 Å². The zero-order chi connectivity index (χ0) is 25.3. The molecule has 2 aromatic carbocycles. The first-order chi connectivity index (χ1) is 16.8. The lowest BCUT2D eigenvalue weighted by atomic mass is 9.95. The Labute approximate surface area is 233 Å². The first kappa shape index (κ1) is 25.9. The highest BCUT2D eigenvalue weighted by atomic mass is 127. The van der Waals surface area contributed by atoms with E-state index in [0.29, 0.717) is 47.7 Å². The summed E-state index contributed by atoms with van der Waals surface area (Å²) >= 11 is 5.44. The normalized spacial score (nSPS) is 15.6. The monoisotopic (exact) mass is 716 g/mol. The van der Waals surface area contributed by atoms with Crippen molar-refractivity contribution < 1.29 is 19.4 Å². The van der Waals surface area contributed by atoms with E-state index in [1.165, 1.54) is 15.9 Å². The molecule has 4 rings (SSSR count). The number of thiazole rings is 1. The first-order valence-electron chi connectivity index (χ1n) is 10.9. The molecule has 0 saturated carbocycles. The summed E-state index contributed by atoms with van der Waals surface area (Å²) in [7, 11) is 0. The smallest absolute Gasteiger partial charge is 0.338 e. The topological polar surface area (TPSA) is 90.1 Å². The van der Waals surface area contributed by atoms with Gasteiger partial charge in [-0.05, 0) is 90.2 Å². The molecule has 1 N–H and O–H groups in total. The maximum absolute atomic E-state index is 13.8. The molecule has 1 aliphatic rings. The number of hydrogen-bond acceptors (Lipinski definition) is 7. The first-order valence-corrected chi connectivity index (χ1v) is 13.8. The highest BCUT2D eigenvalue weighted by molar-refractivity contribution is 14.1. The van der Waals surface area contributed by atoms with Crippen molar-refractivity contribution in [1.29, 1.82) is 0 Å². The van der Waals surface area contributed by atoms with Gasteiger partial charge in [0.1, 0.15) is 17.5 Å². The second-order valence-corrected chi connectivity index (χ2v) is 11.0. The Bertz CT molecular complexity index is 1520. The van der Waals surface area contributed by atoms with Crippen LogP contribution < -0.4 is 19.6 Å². The predicted octanol–water partition coefficient (Wildman–Crippen LogP) is 4.11. The third-order valence-corrected chi connectivity index (χ3v) is 7.80. The van der Waals surface area contributed by atoms with E-state index in [4.69, 9.17) is 9.47 Å². The van der Waals surface area contributed by atoms with Gasteiger partial charge in [-0.25, -0.2) is 9.79 Å². The second kappa shape index (κ2) is 10.8. The van der Waals surface area contributed by atoms with E-state index in [2.05, 4.69) is 50.2 Å². The number of phenolic OH excluding ortho intramolecular Hbond substituents is 1. The van der Waals surface area contributed by atoms with Crippen LogP contribution >= 0.6 is 56.5 Å². The number of para-hydroxylation sites is 1. The number of aromatic nitrogens is 1. The van der Waals surface area contributed by atoms with Gasteiger partial charge in [0.25, 0.3) is 5.56 Å². The maximum atomic E-state index is 13.8. The van der Waals surface area contributed by atoms with Gasteiger partial charge in [0.05, 0.1) is 32.6 Å². The number of nitrogens with zero attached hydrogens (tertiary/aromatic N) is 2. The fourth-order valence-corrected chi connectivity index (χ4v) is 6.84. The molecule has 10 heteroatoms. The Morgan fingerprint density at radius 1 is 1.23 bits per heavy atom. The molecular formula is C25H22I2N2O5S. The van der Waals surface area contributed by atoms with Gasteiger partial charge in [-0.3, -0.25) is 9.36 Å². The van der Waals surface area contributed by atoms with Crippen molar-refractivity contribution in [1.82, 2.24) is 4.57 Å². The maximum Gasteiger partial charge on any atom is 0.338 e. The van der Waals surface area contributed by atoms with Crippen LogP contribution in [0.4, 0.5) is 0 Å². The molecule has 0 bridgehead atoms. The molecule has 35 heavy (non-hydrogen) atoms. The molecule has 0 unspecified atom stereocenters. The Morgan fingerprint density at radius 3 is 2.69 bits per heavy atom. The average molecular weight is 716 g/mol. The quantitative estimate of drug-likeness (QED) is 0.307. The number of halogens is 2.